The Hall–Kier alpha value is -2.57. The predicted octanol–water partition coefficient (Wildman–Crippen LogP) is 2.46. The quantitative estimate of drug-likeness (QED) is 0.637. The number of benzene rings is 1. The lowest BCUT2D eigenvalue weighted by Gasteiger charge is -2.17. The molecule has 1 aliphatic carbocycles. The van der Waals surface area contributed by atoms with E-state index in [1.807, 2.05) is 20.8 Å². The van der Waals surface area contributed by atoms with Gasteiger partial charge in [0.05, 0.1) is 0 Å². The zero-order valence-electron chi connectivity index (χ0n) is 14.9. The van der Waals surface area contributed by atoms with Gasteiger partial charge >= 0.3 is 6.03 Å². The highest BCUT2D eigenvalue weighted by atomic mass is 16.2. The number of urea groups is 1. The molecule has 0 bridgehead atoms. The second-order valence-electron chi connectivity index (χ2n) is 7.25. The van der Waals surface area contributed by atoms with E-state index in [1.165, 1.54) is 0 Å². The van der Waals surface area contributed by atoms with Gasteiger partial charge in [0.2, 0.25) is 11.8 Å². The van der Waals surface area contributed by atoms with Crippen LogP contribution in [0, 0.1) is 5.41 Å². The molecule has 1 saturated carbocycles. The third-order valence-corrected chi connectivity index (χ3v) is 3.66. The second-order valence-corrected chi connectivity index (χ2v) is 7.25. The highest BCUT2D eigenvalue weighted by molar-refractivity contribution is 5.93. The second kappa shape index (κ2) is 8.00. The van der Waals surface area contributed by atoms with Crippen LogP contribution >= 0.6 is 0 Å². The number of nitrogens with one attached hydrogen (secondary N) is 4. The Morgan fingerprint density at radius 3 is 2.08 bits per heavy atom. The lowest BCUT2D eigenvalue weighted by Crippen LogP contribution is -2.36. The zero-order valence-corrected chi connectivity index (χ0v) is 14.9. The van der Waals surface area contributed by atoms with Crippen LogP contribution in [-0.2, 0) is 9.59 Å². The summed E-state index contributed by atoms with van der Waals surface area (Å²) >= 11 is 0. The average molecular weight is 346 g/mol. The third kappa shape index (κ3) is 6.82. The molecule has 25 heavy (non-hydrogen) atoms. The Labute approximate surface area is 147 Å². The predicted molar refractivity (Wildman–Crippen MR) is 97.3 cm³/mol. The maximum absolute atomic E-state index is 11.9. The summed E-state index contributed by atoms with van der Waals surface area (Å²) in [6.45, 7) is 5.76. The van der Waals surface area contributed by atoms with Crippen LogP contribution in [-0.4, -0.2) is 30.4 Å². The van der Waals surface area contributed by atoms with Crippen molar-refractivity contribution < 1.29 is 14.4 Å². The molecule has 7 nitrogen and oxygen atoms in total. The highest BCUT2D eigenvalue weighted by Gasteiger charge is 2.23. The van der Waals surface area contributed by atoms with Crippen LogP contribution in [0.1, 0.15) is 40.0 Å². The van der Waals surface area contributed by atoms with Gasteiger partial charge in [-0.3, -0.25) is 9.59 Å². The van der Waals surface area contributed by atoms with E-state index in [4.69, 9.17) is 0 Å². The van der Waals surface area contributed by atoms with Gasteiger partial charge in [-0.05, 0) is 37.1 Å². The summed E-state index contributed by atoms with van der Waals surface area (Å²) in [4.78, 5) is 35.3. The van der Waals surface area contributed by atoms with Gasteiger partial charge < -0.3 is 21.3 Å². The molecule has 7 heteroatoms. The van der Waals surface area contributed by atoms with Crippen molar-refractivity contribution in [3.63, 3.8) is 0 Å². The molecule has 0 aliphatic heterocycles. The third-order valence-electron chi connectivity index (χ3n) is 3.66. The molecule has 1 fully saturated rings. The minimum atomic E-state index is -0.467. The molecule has 0 radical (unpaired) electrons. The molecule has 4 amide bonds. The minimum Gasteiger partial charge on any atom is -0.355 e. The van der Waals surface area contributed by atoms with Crippen LogP contribution in [0.3, 0.4) is 0 Å². The first kappa shape index (κ1) is 18.8. The lowest BCUT2D eigenvalue weighted by atomic mass is 9.96. The number of rotatable bonds is 6. The van der Waals surface area contributed by atoms with E-state index >= 15 is 0 Å². The van der Waals surface area contributed by atoms with Crippen LogP contribution in [0.5, 0.6) is 0 Å². The summed E-state index contributed by atoms with van der Waals surface area (Å²) < 4.78 is 0. The molecular formula is C18H26N4O3. The first-order valence-electron chi connectivity index (χ1n) is 8.50. The van der Waals surface area contributed by atoms with Gasteiger partial charge in [0.15, 0.2) is 0 Å². The molecule has 1 aromatic rings. The molecule has 0 unspecified atom stereocenters. The first-order valence-corrected chi connectivity index (χ1v) is 8.50. The lowest BCUT2D eigenvalue weighted by molar-refractivity contribution is -0.128. The molecule has 0 atom stereocenters. The Morgan fingerprint density at radius 1 is 1.00 bits per heavy atom. The van der Waals surface area contributed by atoms with E-state index in [2.05, 4.69) is 21.3 Å². The van der Waals surface area contributed by atoms with E-state index < -0.39 is 5.41 Å². The summed E-state index contributed by atoms with van der Waals surface area (Å²) in [7, 11) is 0. The average Bonchev–Trinajstić information content (AvgIpc) is 3.32. The van der Waals surface area contributed by atoms with Crippen LogP contribution in [0.15, 0.2) is 24.3 Å². The zero-order chi connectivity index (χ0) is 18.4. The fourth-order valence-corrected chi connectivity index (χ4v) is 2.00. The van der Waals surface area contributed by atoms with Crippen molar-refractivity contribution in [3.8, 4) is 0 Å². The van der Waals surface area contributed by atoms with Crippen molar-refractivity contribution in [2.45, 2.75) is 46.1 Å². The molecule has 4 N–H and O–H groups in total. The monoisotopic (exact) mass is 346 g/mol. The number of carbonyl (C=O) groups excluding carboxylic acids is 3. The van der Waals surface area contributed by atoms with E-state index in [1.54, 1.807) is 24.3 Å². The van der Waals surface area contributed by atoms with Gasteiger partial charge in [-0.25, -0.2) is 4.79 Å². The topological polar surface area (TPSA) is 99.3 Å². The van der Waals surface area contributed by atoms with Crippen molar-refractivity contribution in [2.24, 2.45) is 5.41 Å². The minimum absolute atomic E-state index is 0.0831. The number of hydrogen-bond donors (Lipinski definition) is 4. The molecule has 1 aromatic carbocycles. The molecule has 2 rings (SSSR count). The molecule has 0 heterocycles. The van der Waals surface area contributed by atoms with E-state index in [9.17, 15) is 14.4 Å². The first-order chi connectivity index (χ1) is 11.7. The molecule has 1 aliphatic rings. The Bertz CT molecular complexity index is 631. The molecule has 0 spiro atoms. The van der Waals surface area contributed by atoms with Crippen molar-refractivity contribution in [3.05, 3.63) is 24.3 Å². The fraction of sp³-hybridized carbons (Fsp3) is 0.500. The molecular weight excluding hydrogens is 320 g/mol. The van der Waals surface area contributed by atoms with Crippen molar-refractivity contribution in [1.82, 2.24) is 10.6 Å². The van der Waals surface area contributed by atoms with Crippen LogP contribution < -0.4 is 21.3 Å². The van der Waals surface area contributed by atoms with Crippen molar-refractivity contribution in [1.29, 1.82) is 0 Å². The van der Waals surface area contributed by atoms with Gasteiger partial charge in [0, 0.05) is 35.8 Å². The summed E-state index contributed by atoms with van der Waals surface area (Å²) in [6.07, 6.45) is 2.27. The maximum atomic E-state index is 11.9. The van der Waals surface area contributed by atoms with Gasteiger partial charge in [0.25, 0.3) is 0 Å². The Kier molecular flexibility index (Phi) is 6.01. The molecule has 0 aromatic heterocycles. The standard InChI is InChI=1S/C18H26N4O3/c1-18(2,3)16(24)19-11-10-15(23)20-12-4-6-13(7-5-12)21-17(25)22-14-8-9-14/h4-7,14H,8-11H2,1-3H3,(H,19,24)(H,20,23)(H2,21,22,25). The van der Waals surface area contributed by atoms with Crippen molar-refractivity contribution in [2.75, 3.05) is 17.2 Å². The van der Waals surface area contributed by atoms with Crippen LogP contribution in [0.4, 0.5) is 16.2 Å². The summed E-state index contributed by atoms with van der Waals surface area (Å²) in [5, 5.41) is 11.1. The van der Waals surface area contributed by atoms with E-state index in [0.717, 1.165) is 12.8 Å². The van der Waals surface area contributed by atoms with Gasteiger partial charge in [-0.2, -0.15) is 0 Å². The SMILES string of the molecule is CC(C)(C)C(=O)NCCC(=O)Nc1ccc(NC(=O)NC2CC2)cc1. The van der Waals surface area contributed by atoms with Gasteiger partial charge in [-0.1, -0.05) is 20.8 Å². The summed E-state index contributed by atoms with van der Waals surface area (Å²) in [6, 6.07) is 6.98. The molecule has 136 valence electrons. The highest BCUT2D eigenvalue weighted by Crippen LogP contribution is 2.19. The number of anilines is 2. The number of hydrogen-bond acceptors (Lipinski definition) is 3. The van der Waals surface area contributed by atoms with Gasteiger partial charge in [0.1, 0.15) is 0 Å². The fourth-order valence-electron chi connectivity index (χ4n) is 2.00. The number of amides is 4. The van der Waals surface area contributed by atoms with Crippen LogP contribution in [0.2, 0.25) is 0 Å². The number of carbonyl (C=O) groups is 3. The smallest absolute Gasteiger partial charge is 0.319 e. The van der Waals surface area contributed by atoms with E-state index in [0.29, 0.717) is 24.0 Å². The normalized spacial score (nSPS) is 13.7. The van der Waals surface area contributed by atoms with E-state index in [-0.39, 0.29) is 24.3 Å². The summed E-state index contributed by atoms with van der Waals surface area (Å²) in [5.41, 5.74) is 0.833. The Balaban J connectivity index is 1.71. The van der Waals surface area contributed by atoms with Gasteiger partial charge in [-0.15, -0.1) is 0 Å². The molecule has 0 saturated heterocycles. The Morgan fingerprint density at radius 2 is 1.56 bits per heavy atom. The largest absolute Gasteiger partial charge is 0.355 e. The summed E-state index contributed by atoms with van der Waals surface area (Å²) in [5.74, 6) is -0.262. The van der Waals surface area contributed by atoms with Crippen LogP contribution in [0.25, 0.3) is 0 Å². The van der Waals surface area contributed by atoms with Crippen molar-refractivity contribution >= 4 is 29.2 Å². The maximum Gasteiger partial charge on any atom is 0.319 e.